The van der Waals surface area contributed by atoms with E-state index in [4.69, 9.17) is 5.73 Å². The summed E-state index contributed by atoms with van der Waals surface area (Å²) in [5.41, 5.74) is 10.6. The summed E-state index contributed by atoms with van der Waals surface area (Å²) in [6, 6.07) is 6.83. The number of rotatable bonds is 5. The van der Waals surface area contributed by atoms with Crippen LogP contribution in [0.4, 0.5) is 0 Å². The molecule has 1 aliphatic carbocycles. The molecule has 2 heteroatoms. The Morgan fingerprint density at radius 1 is 1.16 bits per heavy atom. The summed E-state index contributed by atoms with van der Waals surface area (Å²) in [6.07, 6.45) is 8.11. The van der Waals surface area contributed by atoms with Crippen molar-refractivity contribution in [3.8, 4) is 0 Å². The molecule has 106 valence electrons. The van der Waals surface area contributed by atoms with Crippen LogP contribution in [0.3, 0.4) is 0 Å². The zero-order valence-electron chi connectivity index (χ0n) is 12.3. The van der Waals surface area contributed by atoms with E-state index in [9.17, 15) is 0 Å². The summed E-state index contributed by atoms with van der Waals surface area (Å²) in [6.45, 7) is 4.40. The quantitative estimate of drug-likeness (QED) is 0.871. The highest BCUT2D eigenvalue weighted by Crippen LogP contribution is 2.28. The van der Waals surface area contributed by atoms with Gasteiger partial charge in [-0.05, 0) is 49.8 Å². The van der Waals surface area contributed by atoms with E-state index in [2.05, 4.69) is 43.8 Å². The van der Waals surface area contributed by atoms with Gasteiger partial charge in [-0.25, -0.2) is 0 Å². The van der Waals surface area contributed by atoms with Crippen LogP contribution >= 0.6 is 11.8 Å². The fraction of sp³-hybridized carbons (Fsp3) is 0.647. The van der Waals surface area contributed by atoms with Crippen molar-refractivity contribution >= 4 is 11.8 Å². The van der Waals surface area contributed by atoms with Gasteiger partial charge in [-0.1, -0.05) is 37.5 Å². The molecule has 2 rings (SSSR count). The van der Waals surface area contributed by atoms with Gasteiger partial charge in [0.25, 0.3) is 0 Å². The standard InChI is InChI=1S/C17H27NS/c1-13-7-6-8-14(2)17(13)11-15(18)12-19-16-9-4-3-5-10-16/h6-8,15-16H,3-5,9-12,18H2,1-2H3. The molecule has 0 heterocycles. The molecule has 0 aliphatic heterocycles. The third kappa shape index (κ3) is 4.54. The van der Waals surface area contributed by atoms with Gasteiger partial charge in [0, 0.05) is 17.0 Å². The highest BCUT2D eigenvalue weighted by Gasteiger charge is 2.16. The Morgan fingerprint density at radius 3 is 2.42 bits per heavy atom. The Hall–Kier alpha value is -0.470. The van der Waals surface area contributed by atoms with Gasteiger partial charge in [-0.3, -0.25) is 0 Å². The van der Waals surface area contributed by atoms with Crippen LogP contribution in [0.5, 0.6) is 0 Å². The van der Waals surface area contributed by atoms with Gasteiger partial charge in [-0.15, -0.1) is 0 Å². The summed E-state index contributed by atoms with van der Waals surface area (Å²) in [4.78, 5) is 0. The lowest BCUT2D eigenvalue weighted by Gasteiger charge is -2.23. The van der Waals surface area contributed by atoms with E-state index in [0.29, 0.717) is 6.04 Å². The second-order valence-corrected chi connectivity index (χ2v) is 7.26. The molecule has 1 atom stereocenters. The SMILES string of the molecule is Cc1cccc(C)c1CC(N)CSC1CCCCC1. The molecule has 1 aromatic rings. The Morgan fingerprint density at radius 2 is 1.79 bits per heavy atom. The average Bonchev–Trinajstić information content (AvgIpc) is 2.42. The maximum Gasteiger partial charge on any atom is 0.0171 e. The van der Waals surface area contributed by atoms with Crippen LogP contribution in [0.15, 0.2) is 18.2 Å². The Balaban J connectivity index is 1.82. The van der Waals surface area contributed by atoms with E-state index in [1.165, 1.54) is 48.8 Å². The van der Waals surface area contributed by atoms with Crippen molar-refractivity contribution < 1.29 is 0 Å². The van der Waals surface area contributed by atoms with Gasteiger partial charge in [-0.2, -0.15) is 11.8 Å². The van der Waals surface area contributed by atoms with Gasteiger partial charge in [0.1, 0.15) is 0 Å². The molecule has 1 fully saturated rings. The summed E-state index contributed by atoms with van der Waals surface area (Å²) < 4.78 is 0. The summed E-state index contributed by atoms with van der Waals surface area (Å²) in [5, 5.41) is 0.873. The van der Waals surface area contributed by atoms with E-state index in [-0.39, 0.29) is 0 Å². The highest BCUT2D eigenvalue weighted by atomic mass is 32.2. The van der Waals surface area contributed by atoms with E-state index in [1.54, 1.807) is 0 Å². The van der Waals surface area contributed by atoms with Crippen LogP contribution in [-0.2, 0) is 6.42 Å². The number of thioether (sulfide) groups is 1. The first-order valence-corrected chi connectivity index (χ1v) is 8.64. The maximum atomic E-state index is 6.34. The summed E-state index contributed by atoms with van der Waals surface area (Å²) >= 11 is 2.11. The molecule has 1 saturated carbocycles. The van der Waals surface area contributed by atoms with Gasteiger partial charge in [0.15, 0.2) is 0 Å². The molecule has 1 aromatic carbocycles. The predicted octanol–water partition coefficient (Wildman–Crippen LogP) is 4.24. The molecule has 0 aromatic heterocycles. The number of nitrogens with two attached hydrogens (primary N) is 1. The molecule has 19 heavy (non-hydrogen) atoms. The first-order valence-electron chi connectivity index (χ1n) is 7.59. The van der Waals surface area contributed by atoms with Crippen LogP contribution in [-0.4, -0.2) is 17.0 Å². The second kappa shape index (κ2) is 7.35. The number of hydrogen-bond donors (Lipinski definition) is 1. The van der Waals surface area contributed by atoms with Crippen LogP contribution < -0.4 is 5.73 Å². The Bertz CT molecular complexity index is 376. The molecule has 2 N–H and O–H groups in total. The zero-order chi connectivity index (χ0) is 13.7. The van der Waals surface area contributed by atoms with E-state index in [0.717, 1.165) is 17.4 Å². The number of aryl methyl sites for hydroxylation is 2. The van der Waals surface area contributed by atoms with E-state index >= 15 is 0 Å². The molecule has 1 unspecified atom stereocenters. The van der Waals surface area contributed by atoms with Gasteiger partial charge < -0.3 is 5.73 Å². The van der Waals surface area contributed by atoms with Crippen molar-refractivity contribution in [2.45, 2.75) is 63.7 Å². The predicted molar refractivity (Wildman–Crippen MR) is 86.9 cm³/mol. The van der Waals surface area contributed by atoms with Crippen LogP contribution in [0, 0.1) is 13.8 Å². The normalized spacial score (nSPS) is 18.5. The summed E-state index contributed by atoms with van der Waals surface area (Å²) in [7, 11) is 0. The van der Waals surface area contributed by atoms with Crippen molar-refractivity contribution in [3.05, 3.63) is 34.9 Å². The molecular weight excluding hydrogens is 250 g/mol. The minimum Gasteiger partial charge on any atom is -0.327 e. The zero-order valence-corrected chi connectivity index (χ0v) is 13.1. The smallest absolute Gasteiger partial charge is 0.0171 e. The van der Waals surface area contributed by atoms with Crippen LogP contribution in [0.1, 0.15) is 48.8 Å². The van der Waals surface area contributed by atoms with Crippen molar-refractivity contribution in [1.82, 2.24) is 0 Å². The molecule has 0 bridgehead atoms. The number of hydrogen-bond acceptors (Lipinski definition) is 2. The fourth-order valence-electron chi connectivity index (χ4n) is 2.98. The van der Waals surface area contributed by atoms with Crippen molar-refractivity contribution in [2.75, 3.05) is 5.75 Å². The van der Waals surface area contributed by atoms with Crippen LogP contribution in [0.25, 0.3) is 0 Å². The maximum absolute atomic E-state index is 6.34. The Kier molecular flexibility index (Phi) is 5.77. The van der Waals surface area contributed by atoms with Gasteiger partial charge in [0.2, 0.25) is 0 Å². The third-order valence-corrected chi connectivity index (χ3v) is 5.77. The average molecular weight is 277 g/mol. The first-order chi connectivity index (χ1) is 9.16. The minimum atomic E-state index is 0.298. The molecule has 0 saturated heterocycles. The second-order valence-electron chi connectivity index (χ2n) is 5.93. The minimum absolute atomic E-state index is 0.298. The lowest BCUT2D eigenvalue weighted by Crippen LogP contribution is -2.27. The lowest BCUT2D eigenvalue weighted by atomic mass is 9.97. The monoisotopic (exact) mass is 277 g/mol. The van der Waals surface area contributed by atoms with Crippen molar-refractivity contribution in [1.29, 1.82) is 0 Å². The highest BCUT2D eigenvalue weighted by molar-refractivity contribution is 7.99. The lowest BCUT2D eigenvalue weighted by molar-refractivity contribution is 0.515. The first kappa shape index (κ1) is 14.9. The number of benzene rings is 1. The Labute approximate surface area is 122 Å². The van der Waals surface area contributed by atoms with Crippen molar-refractivity contribution in [3.63, 3.8) is 0 Å². The largest absolute Gasteiger partial charge is 0.327 e. The topological polar surface area (TPSA) is 26.0 Å². The molecule has 0 radical (unpaired) electrons. The van der Waals surface area contributed by atoms with Gasteiger partial charge in [0.05, 0.1) is 0 Å². The fourth-order valence-corrected chi connectivity index (χ4v) is 4.29. The molecule has 0 spiro atoms. The van der Waals surface area contributed by atoms with Crippen LogP contribution in [0.2, 0.25) is 0 Å². The van der Waals surface area contributed by atoms with E-state index < -0.39 is 0 Å². The van der Waals surface area contributed by atoms with E-state index in [1.807, 2.05) is 0 Å². The van der Waals surface area contributed by atoms with Crippen molar-refractivity contribution in [2.24, 2.45) is 5.73 Å². The van der Waals surface area contributed by atoms with Gasteiger partial charge >= 0.3 is 0 Å². The molecular formula is C17H27NS. The third-order valence-electron chi connectivity index (χ3n) is 4.21. The summed E-state index contributed by atoms with van der Waals surface area (Å²) in [5.74, 6) is 1.11. The molecule has 1 nitrogen and oxygen atoms in total. The molecule has 0 amide bonds. The molecule has 1 aliphatic rings.